The highest BCUT2D eigenvalue weighted by Gasteiger charge is 2.06. The van der Waals surface area contributed by atoms with Crippen LogP contribution in [0.1, 0.15) is 5.56 Å². The van der Waals surface area contributed by atoms with Crippen LogP contribution in [0, 0.1) is 5.82 Å². The van der Waals surface area contributed by atoms with Gasteiger partial charge in [0.2, 0.25) is 0 Å². The first-order chi connectivity index (χ1) is 8.22. The highest BCUT2D eigenvalue weighted by atomic mass is 19.1. The summed E-state index contributed by atoms with van der Waals surface area (Å²) in [5.41, 5.74) is 7.80. The summed E-state index contributed by atoms with van der Waals surface area (Å²) in [6, 6.07) is 14.9. The number of halogens is 1. The van der Waals surface area contributed by atoms with Crippen molar-refractivity contribution in [1.82, 2.24) is 0 Å². The van der Waals surface area contributed by atoms with E-state index in [4.69, 9.17) is 5.73 Å². The van der Waals surface area contributed by atoms with E-state index in [-0.39, 0.29) is 12.4 Å². The number of nitrogens with two attached hydrogens (primary N) is 1. The summed E-state index contributed by atoms with van der Waals surface area (Å²) in [6.07, 6.45) is 0. The van der Waals surface area contributed by atoms with Gasteiger partial charge in [-0.25, -0.2) is 4.39 Å². The Bertz CT molecular complexity index is 497. The topological polar surface area (TPSA) is 29.3 Å². The molecule has 2 aromatic carbocycles. The van der Waals surface area contributed by atoms with Crippen molar-refractivity contribution >= 4 is 11.4 Å². The van der Waals surface area contributed by atoms with Gasteiger partial charge in [-0.2, -0.15) is 0 Å². The molecule has 0 aromatic heterocycles. The van der Waals surface area contributed by atoms with Crippen molar-refractivity contribution in [2.24, 2.45) is 5.73 Å². The lowest BCUT2D eigenvalue weighted by Crippen LogP contribution is -2.10. The van der Waals surface area contributed by atoms with Gasteiger partial charge in [0.15, 0.2) is 0 Å². The van der Waals surface area contributed by atoms with E-state index in [2.05, 4.69) is 0 Å². The van der Waals surface area contributed by atoms with E-state index in [1.165, 1.54) is 6.07 Å². The molecule has 2 nitrogen and oxygen atoms in total. The lowest BCUT2D eigenvalue weighted by Gasteiger charge is -2.19. The molecule has 0 fully saturated rings. The first-order valence-corrected chi connectivity index (χ1v) is 5.49. The van der Waals surface area contributed by atoms with E-state index in [0.29, 0.717) is 5.56 Å². The summed E-state index contributed by atoms with van der Waals surface area (Å²) in [7, 11) is 1.91. The molecule has 0 saturated heterocycles. The molecule has 0 aliphatic heterocycles. The van der Waals surface area contributed by atoms with Crippen LogP contribution in [-0.4, -0.2) is 7.05 Å². The molecular weight excluding hydrogens is 215 g/mol. The third kappa shape index (κ3) is 2.45. The Morgan fingerprint density at radius 1 is 1.06 bits per heavy atom. The Kier molecular flexibility index (Phi) is 3.40. The second-order valence-corrected chi connectivity index (χ2v) is 3.87. The second-order valence-electron chi connectivity index (χ2n) is 3.87. The van der Waals surface area contributed by atoms with E-state index in [0.717, 1.165) is 11.4 Å². The molecule has 2 aromatic rings. The van der Waals surface area contributed by atoms with Gasteiger partial charge in [0.25, 0.3) is 0 Å². The predicted octanol–water partition coefficient (Wildman–Crippen LogP) is 3.05. The fourth-order valence-electron chi connectivity index (χ4n) is 1.71. The fourth-order valence-corrected chi connectivity index (χ4v) is 1.71. The van der Waals surface area contributed by atoms with Crippen LogP contribution in [0.4, 0.5) is 15.8 Å². The molecule has 0 heterocycles. The number of anilines is 2. The number of hydrogen-bond donors (Lipinski definition) is 1. The van der Waals surface area contributed by atoms with Gasteiger partial charge in [-0.3, -0.25) is 0 Å². The normalized spacial score (nSPS) is 10.3. The van der Waals surface area contributed by atoms with E-state index in [9.17, 15) is 4.39 Å². The van der Waals surface area contributed by atoms with Crippen molar-refractivity contribution in [2.75, 3.05) is 11.9 Å². The van der Waals surface area contributed by atoms with E-state index >= 15 is 0 Å². The largest absolute Gasteiger partial charge is 0.345 e. The van der Waals surface area contributed by atoms with Crippen LogP contribution in [-0.2, 0) is 6.54 Å². The molecule has 17 heavy (non-hydrogen) atoms. The van der Waals surface area contributed by atoms with Crippen molar-refractivity contribution in [3.63, 3.8) is 0 Å². The summed E-state index contributed by atoms with van der Waals surface area (Å²) < 4.78 is 13.6. The molecule has 0 aliphatic rings. The van der Waals surface area contributed by atoms with Crippen LogP contribution >= 0.6 is 0 Å². The van der Waals surface area contributed by atoms with Crippen molar-refractivity contribution < 1.29 is 4.39 Å². The summed E-state index contributed by atoms with van der Waals surface area (Å²) >= 11 is 0. The average molecular weight is 230 g/mol. The highest BCUT2D eigenvalue weighted by Crippen LogP contribution is 2.24. The minimum atomic E-state index is -0.257. The molecule has 0 saturated carbocycles. The Morgan fingerprint density at radius 2 is 1.76 bits per heavy atom. The summed E-state index contributed by atoms with van der Waals surface area (Å²) in [5.74, 6) is -0.257. The van der Waals surface area contributed by atoms with Gasteiger partial charge in [-0.05, 0) is 24.3 Å². The first-order valence-electron chi connectivity index (χ1n) is 5.49. The van der Waals surface area contributed by atoms with Gasteiger partial charge in [-0.15, -0.1) is 0 Å². The van der Waals surface area contributed by atoms with E-state index in [1.807, 2.05) is 48.3 Å². The van der Waals surface area contributed by atoms with Crippen molar-refractivity contribution in [2.45, 2.75) is 6.54 Å². The van der Waals surface area contributed by atoms with Gasteiger partial charge in [0.05, 0.1) is 0 Å². The van der Waals surface area contributed by atoms with Gasteiger partial charge >= 0.3 is 0 Å². The van der Waals surface area contributed by atoms with Crippen LogP contribution in [0.3, 0.4) is 0 Å². The maximum atomic E-state index is 13.6. The van der Waals surface area contributed by atoms with Crippen LogP contribution in [0.25, 0.3) is 0 Å². The summed E-state index contributed by atoms with van der Waals surface area (Å²) in [6.45, 7) is 0.223. The zero-order valence-corrected chi connectivity index (χ0v) is 9.73. The Labute approximate surface area is 100 Å². The molecule has 0 atom stereocenters. The van der Waals surface area contributed by atoms with E-state index in [1.54, 1.807) is 6.07 Å². The van der Waals surface area contributed by atoms with Gasteiger partial charge in [0.1, 0.15) is 5.82 Å². The number of para-hydroxylation sites is 1. The van der Waals surface area contributed by atoms with Crippen LogP contribution in [0.5, 0.6) is 0 Å². The molecule has 88 valence electrons. The van der Waals surface area contributed by atoms with Gasteiger partial charge < -0.3 is 10.6 Å². The smallest absolute Gasteiger partial charge is 0.129 e. The molecule has 2 rings (SSSR count). The van der Waals surface area contributed by atoms with E-state index < -0.39 is 0 Å². The number of benzene rings is 2. The monoisotopic (exact) mass is 230 g/mol. The van der Waals surface area contributed by atoms with Crippen LogP contribution < -0.4 is 10.6 Å². The standard InChI is InChI=1S/C14H15FN2/c1-17(12-5-3-2-4-6-12)13-8-7-11(10-16)14(15)9-13/h2-9H,10,16H2,1H3. The first kappa shape index (κ1) is 11.6. The number of hydrogen-bond acceptors (Lipinski definition) is 2. The summed E-state index contributed by atoms with van der Waals surface area (Å²) in [5, 5.41) is 0. The summed E-state index contributed by atoms with van der Waals surface area (Å²) in [4.78, 5) is 1.93. The van der Waals surface area contributed by atoms with Gasteiger partial charge in [0, 0.05) is 30.5 Å². The Balaban J connectivity index is 2.32. The molecule has 2 N–H and O–H groups in total. The SMILES string of the molecule is CN(c1ccccc1)c1ccc(CN)c(F)c1. The maximum Gasteiger partial charge on any atom is 0.129 e. The molecule has 0 radical (unpaired) electrons. The van der Waals surface area contributed by atoms with Crippen LogP contribution in [0.15, 0.2) is 48.5 Å². The van der Waals surface area contributed by atoms with Crippen LogP contribution in [0.2, 0.25) is 0 Å². The Morgan fingerprint density at radius 3 is 2.35 bits per heavy atom. The fraction of sp³-hybridized carbons (Fsp3) is 0.143. The highest BCUT2D eigenvalue weighted by molar-refractivity contribution is 5.62. The molecule has 0 amide bonds. The Hall–Kier alpha value is -1.87. The second kappa shape index (κ2) is 4.97. The van der Waals surface area contributed by atoms with Crippen molar-refractivity contribution in [3.05, 3.63) is 59.9 Å². The zero-order valence-electron chi connectivity index (χ0n) is 9.73. The van der Waals surface area contributed by atoms with Crippen molar-refractivity contribution in [1.29, 1.82) is 0 Å². The molecule has 0 unspecified atom stereocenters. The third-order valence-corrected chi connectivity index (χ3v) is 2.79. The lowest BCUT2D eigenvalue weighted by atomic mass is 10.1. The third-order valence-electron chi connectivity index (χ3n) is 2.79. The maximum absolute atomic E-state index is 13.6. The predicted molar refractivity (Wildman–Crippen MR) is 68.8 cm³/mol. The molecule has 3 heteroatoms. The molecular formula is C14H15FN2. The number of nitrogens with zero attached hydrogens (tertiary/aromatic N) is 1. The molecule has 0 spiro atoms. The van der Waals surface area contributed by atoms with Gasteiger partial charge in [-0.1, -0.05) is 24.3 Å². The average Bonchev–Trinajstić information content (AvgIpc) is 2.39. The molecule has 0 bridgehead atoms. The zero-order chi connectivity index (χ0) is 12.3. The minimum absolute atomic E-state index is 0.223. The molecule has 0 aliphatic carbocycles. The number of rotatable bonds is 3. The minimum Gasteiger partial charge on any atom is -0.345 e. The quantitative estimate of drug-likeness (QED) is 0.878. The lowest BCUT2D eigenvalue weighted by molar-refractivity contribution is 0.610. The van der Waals surface area contributed by atoms with Crippen molar-refractivity contribution in [3.8, 4) is 0 Å².